The molecule has 1 N–H and O–H groups in total. The van der Waals surface area contributed by atoms with Crippen LogP contribution in [0.15, 0.2) is 64.3 Å². The van der Waals surface area contributed by atoms with Gasteiger partial charge in [-0.3, -0.25) is 9.59 Å². The van der Waals surface area contributed by atoms with Crippen LogP contribution in [-0.4, -0.2) is 35.0 Å². The summed E-state index contributed by atoms with van der Waals surface area (Å²) in [5, 5.41) is 4.60. The molecule has 8 heteroatoms. The average Bonchev–Trinajstić information content (AvgIpc) is 3.20. The van der Waals surface area contributed by atoms with E-state index in [0.717, 1.165) is 4.34 Å². The number of esters is 1. The summed E-state index contributed by atoms with van der Waals surface area (Å²) in [7, 11) is 0. The van der Waals surface area contributed by atoms with Gasteiger partial charge in [0.2, 0.25) is 5.91 Å². The van der Waals surface area contributed by atoms with Gasteiger partial charge in [0.1, 0.15) is 0 Å². The van der Waals surface area contributed by atoms with Crippen molar-refractivity contribution in [3.63, 3.8) is 0 Å². The van der Waals surface area contributed by atoms with Crippen molar-refractivity contribution in [2.75, 3.05) is 17.7 Å². The molecule has 0 saturated carbocycles. The Balaban J connectivity index is 1.48. The molecule has 3 rings (SSSR count). The van der Waals surface area contributed by atoms with E-state index in [0.29, 0.717) is 34.9 Å². The van der Waals surface area contributed by atoms with Crippen LogP contribution in [0, 0.1) is 0 Å². The van der Waals surface area contributed by atoms with Gasteiger partial charge in [-0.05, 0) is 31.2 Å². The maximum Gasteiger partial charge on any atom is 0.338 e. The zero-order valence-corrected chi connectivity index (χ0v) is 17.9. The highest BCUT2D eigenvalue weighted by Crippen LogP contribution is 2.24. The number of rotatable bonds is 9. The van der Waals surface area contributed by atoms with Gasteiger partial charge < -0.3 is 10.1 Å². The third kappa shape index (κ3) is 6.27. The fourth-order valence-corrected chi connectivity index (χ4v) is 4.28. The molecule has 1 aromatic heterocycles. The second-order valence-electron chi connectivity index (χ2n) is 6.21. The topological polar surface area (TPSA) is 85.4 Å². The van der Waals surface area contributed by atoms with Crippen molar-refractivity contribution in [2.45, 2.75) is 17.7 Å². The van der Waals surface area contributed by atoms with Crippen LogP contribution in [0.3, 0.4) is 0 Å². The number of Topliss-reactive ketones (excluding diaryl/α,β-unsaturated/α-hetero) is 1. The number of nitrogens with zero attached hydrogens (tertiary/aromatic N) is 1. The van der Waals surface area contributed by atoms with E-state index in [1.807, 2.05) is 23.6 Å². The fourth-order valence-electron chi connectivity index (χ4n) is 2.54. The molecule has 154 valence electrons. The smallest absolute Gasteiger partial charge is 0.338 e. The van der Waals surface area contributed by atoms with Crippen LogP contribution >= 0.6 is 23.1 Å². The molecule has 2 aromatic carbocycles. The molecule has 0 spiro atoms. The number of aromatic nitrogens is 1. The van der Waals surface area contributed by atoms with Crippen LogP contribution in [-0.2, 0) is 16.0 Å². The van der Waals surface area contributed by atoms with Gasteiger partial charge >= 0.3 is 5.97 Å². The van der Waals surface area contributed by atoms with Gasteiger partial charge in [0.15, 0.2) is 10.1 Å². The first-order chi connectivity index (χ1) is 14.5. The summed E-state index contributed by atoms with van der Waals surface area (Å²) in [4.78, 5) is 40.5. The summed E-state index contributed by atoms with van der Waals surface area (Å²) in [6.07, 6.45) is 0.128. The Labute approximate surface area is 182 Å². The first kappa shape index (κ1) is 21.7. The SMILES string of the molecule is CCOC(=O)c1ccc(NC(=O)Cc2csc(SCC(=O)c3ccccc3)n2)cc1. The van der Waals surface area contributed by atoms with Crippen molar-refractivity contribution < 1.29 is 19.1 Å². The van der Waals surface area contributed by atoms with Gasteiger partial charge in [0, 0.05) is 16.6 Å². The van der Waals surface area contributed by atoms with Crippen molar-refractivity contribution >= 4 is 46.4 Å². The molecule has 0 atom stereocenters. The van der Waals surface area contributed by atoms with Crippen molar-refractivity contribution in [3.05, 3.63) is 76.8 Å². The molecule has 0 bridgehead atoms. The molecular formula is C22H20N2O4S2. The van der Waals surface area contributed by atoms with Crippen LogP contribution < -0.4 is 5.32 Å². The minimum atomic E-state index is -0.395. The number of thiazole rings is 1. The summed E-state index contributed by atoms with van der Waals surface area (Å²) in [5.74, 6) is -0.258. The van der Waals surface area contributed by atoms with Gasteiger partial charge in [-0.25, -0.2) is 9.78 Å². The zero-order valence-electron chi connectivity index (χ0n) is 16.3. The highest BCUT2D eigenvalue weighted by atomic mass is 32.2. The van der Waals surface area contributed by atoms with E-state index in [1.54, 1.807) is 43.3 Å². The third-order valence-electron chi connectivity index (χ3n) is 3.97. The van der Waals surface area contributed by atoms with Crippen molar-refractivity contribution in [1.29, 1.82) is 0 Å². The number of nitrogens with one attached hydrogen (secondary N) is 1. The summed E-state index contributed by atoms with van der Waals surface area (Å²) in [5.41, 5.74) is 2.35. The quantitative estimate of drug-likeness (QED) is 0.300. The number of amides is 1. The molecule has 0 radical (unpaired) electrons. The van der Waals surface area contributed by atoms with Gasteiger partial charge in [0.25, 0.3) is 0 Å². The molecule has 0 aliphatic rings. The number of thioether (sulfide) groups is 1. The molecule has 1 amide bonds. The minimum Gasteiger partial charge on any atom is -0.462 e. The van der Waals surface area contributed by atoms with Crippen molar-refractivity contribution in [1.82, 2.24) is 4.98 Å². The largest absolute Gasteiger partial charge is 0.462 e. The normalized spacial score (nSPS) is 10.4. The number of benzene rings is 2. The van der Waals surface area contributed by atoms with Crippen LogP contribution in [0.1, 0.15) is 33.3 Å². The molecule has 0 aliphatic carbocycles. The third-order valence-corrected chi connectivity index (χ3v) is 6.04. The monoisotopic (exact) mass is 440 g/mol. The average molecular weight is 441 g/mol. The van der Waals surface area contributed by atoms with Crippen molar-refractivity contribution in [2.24, 2.45) is 0 Å². The van der Waals surface area contributed by atoms with Gasteiger partial charge in [-0.1, -0.05) is 42.1 Å². The van der Waals surface area contributed by atoms with E-state index in [2.05, 4.69) is 10.3 Å². The summed E-state index contributed by atoms with van der Waals surface area (Å²) >= 11 is 2.78. The Morgan fingerprint density at radius 2 is 1.77 bits per heavy atom. The molecule has 0 unspecified atom stereocenters. The Kier molecular flexibility index (Phi) is 7.75. The second-order valence-corrected chi connectivity index (χ2v) is 8.29. The molecule has 0 fully saturated rings. The summed E-state index contributed by atoms with van der Waals surface area (Å²) in [6, 6.07) is 15.6. The molecule has 1 heterocycles. The Morgan fingerprint density at radius 3 is 2.47 bits per heavy atom. The van der Waals surface area contributed by atoms with Crippen LogP contribution in [0.4, 0.5) is 5.69 Å². The predicted molar refractivity (Wildman–Crippen MR) is 118 cm³/mol. The molecule has 3 aromatic rings. The van der Waals surface area contributed by atoms with E-state index in [-0.39, 0.29) is 18.1 Å². The lowest BCUT2D eigenvalue weighted by molar-refractivity contribution is -0.115. The van der Waals surface area contributed by atoms with E-state index in [4.69, 9.17) is 4.74 Å². The lowest BCUT2D eigenvalue weighted by Crippen LogP contribution is -2.14. The fraction of sp³-hybridized carbons (Fsp3) is 0.182. The number of ether oxygens (including phenoxy) is 1. The minimum absolute atomic E-state index is 0.0429. The predicted octanol–water partition coefficient (Wildman–Crippen LogP) is 4.48. The maximum absolute atomic E-state index is 12.3. The first-order valence-corrected chi connectivity index (χ1v) is 11.1. The molecule has 0 saturated heterocycles. The van der Waals surface area contributed by atoms with E-state index < -0.39 is 5.97 Å². The Bertz CT molecular complexity index is 1020. The van der Waals surface area contributed by atoms with Crippen LogP contribution in [0.25, 0.3) is 0 Å². The van der Waals surface area contributed by atoms with Crippen LogP contribution in [0.5, 0.6) is 0 Å². The highest BCUT2D eigenvalue weighted by Gasteiger charge is 2.12. The Morgan fingerprint density at radius 1 is 1.03 bits per heavy atom. The molecule has 30 heavy (non-hydrogen) atoms. The lowest BCUT2D eigenvalue weighted by Gasteiger charge is -2.06. The second kappa shape index (κ2) is 10.7. The molecule has 6 nitrogen and oxygen atoms in total. The number of carbonyl (C=O) groups excluding carboxylic acids is 3. The summed E-state index contributed by atoms with van der Waals surface area (Å²) < 4.78 is 5.68. The van der Waals surface area contributed by atoms with E-state index >= 15 is 0 Å². The van der Waals surface area contributed by atoms with Gasteiger partial charge in [-0.2, -0.15) is 0 Å². The number of ketones is 1. The number of hydrogen-bond acceptors (Lipinski definition) is 7. The van der Waals surface area contributed by atoms with Gasteiger partial charge in [0.05, 0.1) is 30.0 Å². The van der Waals surface area contributed by atoms with Crippen LogP contribution in [0.2, 0.25) is 0 Å². The molecular weight excluding hydrogens is 420 g/mol. The number of anilines is 1. The highest BCUT2D eigenvalue weighted by molar-refractivity contribution is 8.01. The van der Waals surface area contributed by atoms with Crippen molar-refractivity contribution in [3.8, 4) is 0 Å². The summed E-state index contributed by atoms with van der Waals surface area (Å²) in [6.45, 7) is 2.06. The standard InChI is InChI=1S/C22H20N2O4S2/c1-2-28-21(27)16-8-10-17(11-9-16)23-20(26)12-18-13-29-22(24-18)30-14-19(25)15-6-4-3-5-7-15/h3-11,13H,2,12,14H2,1H3,(H,23,26). The van der Waals surface area contributed by atoms with E-state index in [1.165, 1.54) is 23.1 Å². The first-order valence-electron chi connectivity index (χ1n) is 9.27. The molecule has 0 aliphatic heterocycles. The zero-order chi connectivity index (χ0) is 21.3. The Hall–Kier alpha value is -2.97. The lowest BCUT2D eigenvalue weighted by atomic mass is 10.2. The number of carbonyl (C=O) groups is 3. The number of hydrogen-bond donors (Lipinski definition) is 1. The van der Waals surface area contributed by atoms with Gasteiger partial charge in [-0.15, -0.1) is 11.3 Å². The maximum atomic E-state index is 12.3. The van der Waals surface area contributed by atoms with E-state index in [9.17, 15) is 14.4 Å².